The highest BCUT2D eigenvalue weighted by Crippen LogP contribution is 2.61. The molecular weight excluding hydrogens is 797 g/mol. The average molecular weight is 851 g/mol. The molecule has 320 valence electrons. The molecule has 0 heterocycles. The van der Waals surface area contributed by atoms with Crippen molar-refractivity contribution in [3.8, 4) is 44.5 Å². The van der Waals surface area contributed by atoms with E-state index < -0.39 is 0 Å². The Balaban J connectivity index is 0.776. The minimum atomic E-state index is 0.388. The van der Waals surface area contributed by atoms with Gasteiger partial charge in [-0.2, -0.15) is 0 Å². The van der Waals surface area contributed by atoms with E-state index in [2.05, 4.69) is 246 Å². The van der Waals surface area contributed by atoms with Crippen LogP contribution in [0.5, 0.6) is 0 Å². The zero-order valence-corrected chi connectivity index (χ0v) is 37.4. The first-order chi connectivity index (χ1) is 32.6. The lowest BCUT2D eigenvalue weighted by molar-refractivity contribution is -0.00518. The van der Waals surface area contributed by atoms with Crippen LogP contribution in [0, 0.1) is 17.8 Å². The Bertz CT molecular complexity index is 2960. The second kappa shape index (κ2) is 17.2. The molecule has 9 aromatic rings. The van der Waals surface area contributed by atoms with Gasteiger partial charge in [0.1, 0.15) is 0 Å². The van der Waals surface area contributed by atoms with Crippen LogP contribution in [0.4, 0.5) is 34.1 Å². The van der Waals surface area contributed by atoms with E-state index in [4.69, 9.17) is 0 Å². The molecule has 66 heavy (non-hydrogen) atoms. The molecule has 0 radical (unpaired) electrons. The van der Waals surface area contributed by atoms with Crippen molar-refractivity contribution in [1.82, 2.24) is 0 Å². The van der Waals surface area contributed by atoms with Gasteiger partial charge in [0.25, 0.3) is 0 Å². The van der Waals surface area contributed by atoms with Gasteiger partial charge in [0, 0.05) is 34.1 Å². The minimum absolute atomic E-state index is 0.388. The lowest BCUT2D eigenvalue weighted by atomic mass is 9.48. The van der Waals surface area contributed by atoms with Gasteiger partial charge in [0.2, 0.25) is 0 Å². The molecular formula is C64H54N2. The van der Waals surface area contributed by atoms with Crippen molar-refractivity contribution < 1.29 is 0 Å². The molecule has 0 N–H and O–H groups in total. The Morgan fingerprint density at radius 1 is 0.242 bits per heavy atom. The van der Waals surface area contributed by atoms with Crippen molar-refractivity contribution in [2.24, 2.45) is 17.8 Å². The van der Waals surface area contributed by atoms with Crippen molar-refractivity contribution in [1.29, 1.82) is 0 Å². The van der Waals surface area contributed by atoms with E-state index in [1.54, 1.807) is 5.56 Å². The number of nitrogens with zero attached hydrogens (tertiary/aromatic N) is 2. The number of hydrogen-bond donors (Lipinski definition) is 0. The fraction of sp³-hybridized carbons (Fsp3) is 0.156. The second-order valence-electron chi connectivity index (χ2n) is 19.2. The minimum Gasteiger partial charge on any atom is -0.311 e. The normalized spacial score (nSPS) is 19.4. The molecule has 4 aliphatic carbocycles. The van der Waals surface area contributed by atoms with Gasteiger partial charge < -0.3 is 9.80 Å². The third kappa shape index (κ3) is 7.81. The highest BCUT2D eigenvalue weighted by molar-refractivity contribution is 5.82. The third-order valence-electron chi connectivity index (χ3n) is 15.1. The maximum absolute atomic E-state index is 2.47. The van der Waals surface area contributed by atoms with Gasteiger partial charge in [-0.25, -0.2) is 0 Å². The lowest BCUT2D eigenvalue weighted by Crippen LogP contribution is -2.48. The summed E-state index contributed by atoms with van der Waals surface area (Å²) < 4.78 is 0. The summed E-state index contributed by atoms with van der Waals surface area (Å²) in [4.78, 5) is 4.72. The van der Waals surface area contributed by atoms with Crippen LogP contribution in [0.1, 0.15) is 44.1 Å². The van der Waals surface area contributed by atoms with E-state index in [9.17, 15) is 0 Å². The molecule has 0 spiro atoms. The molecule has 9 aromatic carbocycles. The van der Waals surface area contributed by atoms with Crippen LogP contribution >= 0.6 is 0 Å². The van der Waals surface area contributed by atoms with Crippen molar-refractivity contribution in [2.45, 2.75) is 43.9 Å². The van der Waals surface area contributed by atoms with Crippen LogP contribution in [0.25, 0.3) is 44.5 Å². The average Bonchev–Trinajstić information content (AvgIpc) is 3.38. The summed E-state index contributed by atoms with van der Waals surface area (Å²) in [6, 6.07) is 86.6. The maximum atomic E-state index is 2.47. The van der Waals surface area contributed by atoms with Crippen LogP contribution in [0.3, 0.4) is 0 Å². The van der Waals surface area contributed by atoms with E-state index in [1.807, 2.05) is 0 Å². The molecule has 2 heteroatoms. The Kier molecular flexibility index (Phi) is 10.4. The number of anilines is 6. The Morgan fingerprint density at radius 3 is 0.773 bits per heavy atom. The zero-order valence-electron chi connectivity index (χ0n) is 37.4. The predicted molar refractivity (Wildman–Crippen MR) is 277 cm³/mol. The molecule has 0 aliphatic heterocycles. The molecule has 0 atom stereocenters. The number of benzene rings is 9. The van der Waals surface area contributed by atoms with Crippen LogP contribution in [-0.4, -0.2) is 0 Å². The van der Waals surface area contributed by atoms with Gasteiger partial charge in [0.05, 0.1) is 0 Å². The first kappa shape index (κ1) is 40.1. The SMILES string of the molecule is c1ccc(-c2ccc(N(c3ccc(-c4ccc(-c5ccc(-c6ccc(N(c7ccccc7)c7ccccc7)cc6)cc5)cc4)cc3)c3ccc(C45CC6CC(CC(C6)C4)C5)cc3)cc2)cc1. The fourth-order valence-electron chi connectivity index (χ4n) is 12.2. The van der Waals surface area contributed by atoms with Crippen LogP contribution in [0.15, 0.2) is 237 Å². The van der Waals surface area contributed by atoms with Crippen LogP contribution in [0.2, 0.25) is 0 Å². The molecule has 4 bridgehead atoms. The summed E-state index contributed by atoms with van der Waals surface area (Å²) >= 11 is 0. The smallest absolute Gasteiger partial charge is 0.0462 e. The molecule has 4 fully saturated rings. The van der Waals surface area contributed by atoms with Crippen molar-refractivity contribution in [2.75, 3.05) is 9.80 Å². The zero-order chi connectivity index (χ0) is 43.9. The number of para-hydroxylation sites is 2. The van der Waals surface area contributed by atoms with E-state index in [1.165, 1.54) is 88.7 Å². The van der Waals surface area contributed by atoms with Crippen molar-refractivity contribution >= 4 is 34.1 Å². The molecule has 0 aromatic heterocycles. The van der Waals surface area contributed by atoms with Gasteiger partial charge in [-0.15, -0.1) is 0 Å². The summed E-state index contributed by atoms with van der Waals surface area (Å²) in [6.45, 7) is 0. The first-order valence-corrected chi connectivity index (χ1v) is 24.0. The Morgan fingerprint density at radius 2 is 0.470 bits per heavy atom. The molecule has 0 saturated heterocycles. The fourth-order valence-corrected chi connectivity index (χ4v) is 12.2. The molecule has 2 nitrogen and oxygen atoms in total. The van der Waals surface area contributed by atoms with Crippen molar-refractivity contribution in [3.05, 3.63) is 242 Å². The Labute approximate surface area is 390 Å². The second-order valence-corrected chi connectivity index (χ2v) is 19.2. The van der Waals surface area contributed by atoms with Gasteiger partial charge in [0.15, 0.2) is 0 Å². The molecule has 4 aliphatic rings. The first-order valence-electron chi connectivity index (χ1n) is 24.0. The lowest BCUT2D eigenvalue weighted by Gasteiger charge is -2.57. The van der Waals surface area contributed by atoms with E-state index in [0.29, 0.717) is 5.41 Å². The highest BCUT2D eigenvalue weighted by Gasteiger charge is 2.51. The van der Waals surface area contributed by atoms with Crippen LogP contribution in [-0.2, 0) is 5.41 Å². The van der Waals surface area contributed by atoms with Crippen LogP contribution < -0.4 is 9.80 Å². The summed E-state index contributed by atoms with van der Waals surface area (Å²) in [5.74, 6) is 2.81. The molecule has 0 amide bonds. The monoisotopic (exact) mass is 850 g/mol. The van der Waals surface area contributed by atoms with Crippen molar-refractivity contribution in [3.63, 3.8) is 0 Å². The van der Waals surface area contributed by atoms with Gasteiger partial charge in [-0.1, -0.05) is 164 Å². The highest BCUT2D eigenvalue weighted by atomic mass is 15.1. The summed E-state index contributed by atoms with van der Waals surface area (Å²) in [6.07, 6.45) is 8.58. The van der Waals surface area contributed by atoms with E-state index in [0.717, 1.165) is 46.2 Å². The maximum Gasteiger partial charge on any atom is 0.0462 e. The molecule has 13 rings (SSSR count). The van der Waals surface area contributed by atoms with Gasteiger partial charge >= 0.3 is 0 Å². The molecule has 0 unspecified atom stereocenters. The van der Waals surface area contributed by atoms with E-state index in [-0.39, 0.29) is 0 Å². The Hall–Kier alpha value is -7.42. The van der Waals surface area contributed by atoms with Gasteiger partial charge in [-0.3, -0.25) is 0 Å². The predicted octanol–water partition coefficient (Wildman–Crippen LogP) is 17.8. The summed E-state index contributed by atoms with van der Waals surface area (Å²) in [7, 11) is 0. The summed E-state index contributed by atoms with van der Waals surface area (Å²) in [5.41, 5.74) is 18.6. The summed E-state index contributed by atoms with van der Waals surface area (Å²) in [5, 5.41) is 0. The van der Waals surface area contributed by atoms with Gasteiger partial charge in [-0.05, 0) is 185 Å². The third-order valence-corrected chi connectivity index (χ3v) is 15.1. The quantitative estimate of drug-likeness (QED) is 0.128. The standard InChI is InChI=1S/C64H54N2/c1-4-10-49(11-5-1)54-24-32-61(33-25-54)66(63-38-30-57(31-39-63)64-43-46-40-47(44-64)42-48(41-46)45-64)62-36-28-56(29-37-62)53-22-18-51(19-23-53)50-16-20-52(21-17-50)55-26-34-60(35-27-55)65(58-12-6-2-7-13-58)59-14-8-3-9-15-59/h1-39,46-48H,40-45H2. The van der Waals surface area contributed by atoms with E-state index >= 15 is 0 Å². The topological polar surface area (TPSA) is 6.48 Å². The number of rotatable bonds is 11. The number of hydrogen-bond acceptors (Lipinski definition) is 2. The largest absolute Gasteiger partial charge is 0.311 e. The molecule has 4 saturated carbocycles.